The summed E-state index contributed by atoms with van der Waals surface area (Å²) in [6.07, 6.45) is 4.49. The summed E-state index contributed by atoms with van der Waals surface area (Å²) >= 11 is 0. The molecule has 1 atom stereocenters. The minimum absolute atomic E-state index is 0.162. The maximum absolute atomic E-state index is 11.8. The fraction of sp³-hybridized carbons (Fsp3) is 1.00. The van der Waals surface area contributed by atoms with Crippen molar-refractivity contribution in [3.63, 3.8) is 0 Å². The third-order valence-electron chi connectivity index (χ3n) is 3.06. The Bertz CT molecular complexity index is 289. The Morgan fingerprint density at radius 2 is 1.83 bits per heavy atom. The van der Waals surface area contributed by atoms with E-state index in [0.29, 0.717) is 25.0 Å². The van der Waals surface area contributed by atoms with Crippen molar-refractivity contribution in [2.24, 2.45) is 5.92 Å². The van der Waals surface area contributed by atoms with Crippen LogP contribution in [0.15, 0.2) is 0 Å². The lowest BCUT2D eigenvalue weighted by Gasteiger charge is -2.16. The Kier molecular flexibility index (Phi) is 9.68. The summed E-state index contributed by atoms with van der Waals surface area (Å²) < 4.78 is 26.2. The van der Waals surface area contributed by atoms with Crippen LogP contribution in [0.3, 0.4) is 0 Å². The van der Waals surface area contributed by atoms with Crippen LogP contribution in [-0.4, -0.2) is 33.3 Å². The zero-order chi connectivity index (χ0) is 14.0. The SMILES string of the molecule is CCCCC(CC)CNS(=O)(=O)CCNC(C)C. The van der Waals surface area contributed by atoms with Crippen LogP contribution in [0.2, 0.25) is 0 Å². The first kappa shape index (κ1) is 17.9. The third kappa shape index (κ3) is 9.85. The van der Waals surface area contributed by atoms with E-state index in [0.717, 1.165) is 12.8 Å². The molecule has 0 aromatic heterocycles. The van der Waals surface area contributed by atoms with Crippen LogP contribution < -0.4 is 10.0 Å². The van der Waals surface area contributed by atoms with Gasteiger partial charge in [-0.25, -0.2) is 13.1 Å². The van der Waals surface area contributed by atoms with Crippen LogP contribution >= 0.6 is 0 Å². The van der Waals surface area contributed by atoms with Gasteiger partial charge in [0, 0.05) is 19.1 Å². The van der Waals surface area contributed by atoms with E-state index in [2.05, 4.69) is 23.9 Å². The predicted molar refractivity (Wildman–Crippen MR) is 78.2 cm³/mol. The van der Waals surface area contributed by atoms with Crippen LogP contribution in [0.25, 0.3) is 0 Å². The number of sulfonamides is 1. The molecule has 0 radical (unpaired) electrons. The fourth-order valence-electron chi connectivity index (χ4n) is 1.74. The maximum Gasteiger partial charge on any atom is 0.212 e. The van der Waals surface area contributed by atoms with E-state index in [4.69, 9.17) is 0 Å². The lowest BCUT2D eigenvalue weighted by molar-refractivity contribution is 0.443. The van der Waals surface area contributed by atoms with Gasteiger partial charge in [0.15, 0.2) is 0 Å². The molecule has 0 saturated carbocycles. The summed E-state index contributed by atoms with van der Waals surface area (Å²) in [5.74, 6) is 0.632. The van der Waals surface area contributed by atoms with Crippen molar-refractivity contribution in [2.45, 2.75) is 59.4 Å². The highest BCUT2D eigenvalue weighted by molar-refractivity contribution is 7.89. The molecule has 5 heteroatoms. The first-order valence-electron chi connectivity index (χ1n) is 7.12. The molecule has 0 fully saturated rings. The van der Waals surface area contributed by atoms with Gasteiger partial charge in [-0.15, -0.1) is 0 Å². The maximum atomic E-state index is 11.8. The van der Waals surface area contributed by atoms with Crippen LogP contribution in [0.5, 0.6) is 0 Å². The standard InChI is InChI=1S/C13H30N2O2S/c1-5-7-8-13(6-2)11-15-18(16,17)10-9-14-12(3)4/h12-15H,5-11H2,1-4H3. The van der Waals surface area contributed by atoms with Crippen molar-refractivity contribution in [2.75, 3.05) is 18.8 Å². The molecule has 0 spiro atoms. The second-order valence-electron chi connectivity index (χ2n) is 5.19. The zero-order valence-electron chi connectivity index (χ0n) is 12.3. The Morgan fingerprint density at radius 1 is 1.17 bits per heavy atom. The Morgan fingerprint density at radius 3 is 2.33 bits per heavy atom. The van der Waals surface area contributed by atoms with Gasteiger partial charge < -0.3 is 5.32 Å². The number of nitrogens with one attached hydrogen (secondary N) is 2. The molecule has 0 saturated heterocycles. The molecule has 1 unspecified atom stereocenters. The molecule has 0 heterocycles. The molecule has 4 nitrogen and oxygen atoms in total. The van der Waals surface area contributed by atoms with E-state index in [1.165, 1.54) is 12.8 Å². The Hall–Kier alpha value is -0.130. The third-order valence-corrected chi connectivity index (χ3v) is 4.41. The average molecular weight is 278 g/mol. The van der Waals surface area contributed by atoms with Gasteiger partial charge in [0.1, 0.15) is 0 Å². The van der Waals surface area contributed by atoms with Crippen LogP contribution in [-0.2, 0) is 10.0 Å². The van der Waals surface area contributed by atoms with E-state index < -0.39 is 10.0 Å². The molecule has 0 aliphatic rings. The van der Waals surface area contributed by atoms with Gasteiger partial charge in [-0.3, -0.25) is 0 Å². The summed E-state index contributed by atoms with van der Waals surface area (Å²) in [4.78, 5) is 0. The molecule has 0 aliphatic heterocycles. The summed E-state index contributed by atoms with van der Waals surface area (Å²) in [5.41, 5.74) is 0. The molecule has 0 amide bonds. The number of unbranched alkanes of at least 4 members (excludes halogenated alkanes) is 1. The summed E-state index contributed by atoms with van der Waals surface area (Å²) in [6.45, 7) is 9.40. The fourth-order valence-corrected chi connectivity index (χ4v) is 2.76. The lowest BCUT2D eigenvalue weighted by atomic mass is 10.00. The Labute approximate surface area is 113 Å². The number of rotatable bonds is 11. The highest BCUT2D eigenvalue weighted by atomic mass is 32.2. The van der Waals surface area contributed by atoms with Crippen LogP contribution in [0, 0.1) is 5.92 Å². The van der Waals surface area contributed by atoms with E-state index in [1.54, 1.807) is 0 Å². The van der Waals surface area contributed by atoms with Gasteiger partial charge in [-0.2, -0.15) is 0 Å². The van der Waals surface area contributed by atoms with Crippen molar-refractivity contribution in [3.05, 3.63) is 0 Å². The lowest BCUT2D eigenvalue weighted by Crippen LogP contribution is -2.36. The van der Waals surface area contributed by atoms with Crippen molar-refractivity contribution < 1.29 is 8.42 Å². The molecule has 18 heavy (non-hydrogen) atoms. The van der Waals surface area contributed by atoms with E-state index >= 15 is 0 Å². The predicted octanol–water partition coefficient (Wildman–Crippen LogP) is 2.12. The van der Waals surface area contributed by atoms with Crippen molar-refractivity contribution in [3.8, 4) is 0 Å². The molecule has 0 aromatic carbocycles. The van der Waals surface area contributed by atoms with Gasteiger partial charge in [-0.1, -0.05) is 47.0 Å². The van der Waals surface area contributed by atoms with Crippen molar-refractivity contribution in [1.29, 1.82) is 0 Å². The topological polar surface area (TPSA) is 58.2 Å². The molecule has 0 aliphatic carbocycles. The Balaban J connectivity index is 3.92. The first-order chi connectivity index (χ1) is 8.41. The zero-order valence-corrected chi connectivity index (χ0v) is 13.1. The quantitative estimate of drug-likeness (QED) is 0.608. The summed E-state index contributed by atoms with van der Waals surface area (Å²) in [6, 6.07) is 0.327. The second kappa shape index (κ2) is 9.75. The van der Waals surface area contributed by atoms with Crippen molar-refractivity contribution >= 4 is 10.0 Å². The average Bonchev–Trinajstić information content (AvgIpc) is 2.28. The first-order valence-corrected chi connectivity index (χ1v) is 8.77. The van der Waals surface area contributed by atoms with Gasteiger partial charge >= 0.3 is 0 Å². The number of hydrogen-bond acceptors (Lipinski definition) is 3. The van der Waals surface area contributed by atoms with Crippen molar-refractivity contribution in [1.82, 2.24) is 10.0 Å². The van der Waals surface area contributed by atoms with Gasteiger partial charge in [0.05, 0.1) is 5.75 Å². The van der Waals surface area contributed by atoms with Gasteiger partial charge in [0.2, 0.25) is 10.0 Å². The molecular formula is C13H30N2O2S. The van der Waals surface area contributed by atoms with E-state index in [-0.39, 0.29) is 5.75 Å². The highest BCUT2D eigenvalue weighted by Gasteiger charge is 2.13. The van der Waals surface area contributed by atoms with Crippen LogP contribution in [0.1, 0.15) is 53.4 Å². The monoisotopic (exact) mass is 278 g/mol. The number of hydrogen-bond donors (Lipinski definition) is 2. The van der Waals surface area contributed by atoms with E-state index in [1.807, 2.05) is 13.8 Å². The minimum Gasteiger partial charge on any atom is -0.313 e. The molecule has 110 valence electrons. The molecule has 0 bridgehead atoms. The smallest absolute Gasteiger partial charge is 0.212 e. The molecule has 0 aromatic rings. The minimum atomic E-state index is -3.12. The van der Waals surface area contributed by atoms with E-state index in [9.17, 15) is 8.42 Å². The van der Waals surface area contributed by atoms with Crippen LogP contribution in [0.4, 0.5) is 0 Å². The molecule has 0 rings (SSSR count). The summed E-state index contributed by atoms with van der Waals surface area (Å²) in [5, 5.41) is 3.12. The summed E-state index contributed by atoms with van der Waals surface area (Å²) in [7, 11) is -3.12. The normalized spacial score (nSPS) is 14.1. The largest absolute Gasteiger partial charge is 0.313 e. The highest BCUT2D eigenvalue weighted by Crippen LogP contribution is 2.11. The van der Waals surface area contributed by atoms with Gasteiger partial charge in [-0.05, 0) is 12.3 Å². The second-order valence-corrected chi connectivity index (χ2v) is 7.12. The molecule has 2 N–H and O–H groups in total. The molecular weight excluding hydrogens is 248 g/mol. The van der Waals surface area contributed by atoms with Gasteiger partial charge in [0.25, 0.3) is 0 Å².